The van der Waals surface area contributed by atoms with Gasteiger partial charge >= 0.3 is 6.18 Å². The second-order valence-corrected chi connectivity index (χ2v) is 10.0. The number of carbonyl (C=O) groups is 1. The lowest BCUT2D eigenvalue weighted by molar-refractivity contribution is -0.122. The highest BCUT2D eigenvalue weighted by molar-refractivity contribution is 6.20. The molecule has 1 heterocycles. The van der Waals surface area contributed by atoms with Crippen LogP contribution in [0.2, 0.25) is 0 Å². The summed E-state index contributed by atoms with van der Waals surface area (Å²) in [4.78, 5) is 12.7. The minimum Gasteiger partial charge on any atom is -0.376 e. The van der Waals surface area contributed by atoms with Gasteiger partial charge in [-0.1, -0.05) is 91.5 Å². The van der Waals surface area contributed by atoms with Gasteiger partial charge in [-0.3, -0.25) is 4.79 Å². The zero-order chi connectivity index (χ0) is 30.7. The third-order valence-electron chi connectivity index (χ3n) is 6.37. The van der Waals surface area contributed by atoms with Gasteiger partial charge in [0.2, 0.25) is 5.91 Å². The van der Waals surface area contributed by atoms with E-state index < -0.39 is 17.8 Å². The third-order valence-corrected chi connectivity index (χ3v) is 6.37. The van der Waals surface area contributed by atoms with Crippen LogP contribution in [-0.2, 0) is 17.8 Å². The summed E-state index contributed by atoms with van der Waals surface area (Å²) in [5.74, 6) is -0.121. The fraction of sp³-hybridized carbons (Fsp3) is 0.242. The molecule has 9 heteroatoms. The summed E-state index contributed by atoms with van der Waals surface area (Å²) in [7, 11) is 3.36. The molecule has 1 aliphatic heterocycles. The molecule has 220 valence electrons. The van der Waals surface area contributed by atoms with E-state index >= 15 is 0 Å². The van der Waals surface area contributed by atoms with Gasteiger partial charge in [0, 0.05) is 32.6 Å². The molecule has 3 aromatic rings. The van der Waals surface area contributed by atoms with E-state index in [-0.39, 0.29) is 5.91 Å². The number of nitrogens with zero attached hydrogens (tertiary/aromatic N) is 3. The van der Waals surface area contributed by atoms with Crippen LogP contribution in [0.5, 0.6) is 0 Å². The second kappa shape index (κ2) is 14.9. The molecule has 1 amide bonds. The molecular weight excluding hydrogens is 539 g/mol. The lowest BCUT2D eigenvalue weighted by Gasteiger charge is -2.18. The third kappa shape index (κ3) is 9.55. The van der Waals surface area contributed by atoms with Gasteiger partial charge in [0.15, 0.2) is 0 Å². The number of nitrogens with two attached hydrogens (primary N) is 1. The largest absolute Gasteiger partial charge is 0.415 e. The summed E-state index contributed by atoms with van der Waals surface area (Å²) in [5, 5.41) is 11.2. The number of hydrogen-bond donors (Lipinski definition) is 2. The Morgan fingerprint density at radius 2 is 1.55 bits per heavy atom. The molecule has 0 aromatic heterocycles. The number of rotatable bonds is 9. The summed E-state index contributed by atoms with van der Waals surface area (Å²) < 4.78 is 38.8. The van der Waals surface area contributed by atoms with Gasteiger partial charge in [0.1, 0.15) is 0 Å². The number of amides is 1. The fourth-order valence-corrected chi connectivity index (χ4v) is 4.08. The Morgan fingerprint density at radius 1 is 0.976 bits per heavy atom. The summed E-state index contributed by atoms with van der Waals surface area (Å²) in [6.07, 6.45) is -2.35. The molecule has 4 rings (SSSR count). The van der Waals surface area contributed by atoms with Crippen molar-refractivity contribution in [1.29, 1.82) is 0 Å². The minimum atomic E-state index is -4.48. The van der Waals surface area contributed by atoms with Crippen LogP contribution in [0.15, 0.2) is 119 Å². The predicted octanol–water partition coefficient (Wildman–Crippen LogP) is 6.04. The van der Waals surface area contributed by atoms with E-state index in [4.69, 9.17) is 5.73 Å². The molecule has 6 nitrogen and oxygen atoms in total. The van der Waals surface area contributed by atoms with Crippen LogP contribution in [0.1, 0.15) is 35.6 Å². The molecule has 3 aromatic carbocycles. The fourth-order valence-electron chi connectivity index (χ4n) is 4.08. The van der Waals surface area contributed by atoms with Gasteiger partial charge in [0.05, 0.1) is 28.7 Å². The van der Waals surface area contributed by atoms with E-state index in [1.54, 1.807) is 25.9 Å². The summed E-state index contributed by atoms with van der Waals surface area (Å²) in [5.41, 5.74) is 10.4. The number of allylic oxidation sites excluding steroid dienone is 3. The lowest BCUT2D eigenvalue weighted by atomic mass is 9.94. The molecule has 0 aliphatic carbocycles. The van der Waals surface area contributed by atoms with Crippen molar-refractivity contribution in [3.05, 3.63) is 131 Å². The first-order chi connectivity index (χ1) is 20.0. The van der Waals surface area contributed by atoms with E-state index in [1.807, 2.05) is 72.8 Å². The smallest absolute Gasteiger partial charge is 0.376 e. The first-order valence-electron chi connectivity index (χ1n) is 13.4. The quantitative estimate of drug-likeness (QED) is 0.305. The van der Waals surface area contributed by atoms with Crippen molar-refractivity contribution in [3.63, 3.8) is 0 Å². The van der Waals surface area contributed by atoms with Crippen LogP contribution in [0.4, 0.5) is 13.2 Å². The standard InChI is InChI=1S/C23H22F3N3.C10H14N2O/c1-16(23(24,25)26)13-22(29(2)3)21-15-20(27-28-21)19-12-8-7-11-18(19)14-17-9-5-4-6-10-17;1-8(11)10(13)12-7-9-5-3-2-4-6-9/h4-13H,1,14-15H2,2-3H3;2-6,8H,7,11H2,1H3,(H,12,13)/b22-13-;. The number of hydrogen-bond acceptors (Lipinski definition) is 5. The molecule has 0 radical (unpaired) electrons. The monoisotopic (exact) mass is 575 g/mol. The molecule has 0 fully saturated rings. The van der Waals surface area contributed by atoms with Crippen molar-refractivity contribution in [1.82, 2.24) is 10.2 Å². The molecule has 42 heavy (non-hydrogen) atoms. The Hall–Kier alpha value is -4.50. The maximum absolute atomic E-state index is 12.9. The molecule has 1 atom stereocenters. The average molecular weight is 576 g/mol. The SMILES string of the molecule is C=C(/C=C(/C1=NN=C(c2ccccc2Cc2ccccc2)C1)N(C)C)C(F)(F)F.CC(N)C(=O)NCc1ccccc1. The Bertz CT molecular complexity index is 1440. The van der Waals surface area contributed by atoms with Gasteiger partial charge in [-0.05, 0) is 36.1 Å². The van der Waals surface area contributed by atoms with Crippen molar-refractivity contribution in [3.8, 4) is 0 Å². The van der Waals surface area contributed by atoms with Crippen LogP contribution in [0, 0.1) is 0 Å². The molecule has 0 saturated carbocycles. The minimum absolute atomic E-state index is 0.121. The van der Waals surface area contributed by atoms with Crippen molar-refractivity contribution in [2.45, 2.75) is 38.5 Å². The van der Waals surface area contributed by atoms with Gasteiger partial charge in [-0.25, -0.2) is 0 Å². The second-order valence-electron chi connectivity index (χ2n) is 10.0. The van der Waals surface area contributed by atoms with Gasteiger partial charge < -0.3 is 16.0 Å². The highest BCUT2D eigenvalue weighted by Crippen LogP contribution is 2.28. The zero-order valence-electron chi connectivity index (χ0n) is 24.0. The number of alkyl halides is 3. The first-order valence-corrected chi connectivity index (χ1v) is 13.4. The molecular formula is C33H36F3N5O. The Morgan fingerprint density at radius 3 is 2.12 bits per heavy atom. The van der Waals surface area contributed by atoms with E-state index in [2.05, 4.69) is 34.2 Å². The first kappa shape index (κ1) is 32.0. The zero-order valence-corrected chi connectivity index (χ0v) is 24.0. The van der Waals surface area contributed by atoms with Crippen molar-refractivity contribution in [2.75, 3.05) is 14.1 Å². The highest BCUT2D eigenvalue weighted by atomic mass is 19.4. The van der Waals surface area contributed by atoms with E-state index in [0.29, 0.717) is 24.4 Å². The van der Waals surface area contributed by atoms with Gasteiger partial charge in [0.25, 0.3) is 0 Å². The highest BCUT2D eigenvalue weighted by Gasteiger charge is 2.32. The Balaban J connectivity index is 0.000000312. The normalized spacial score (nSPS) is 13.7. The van der Waals surface area contributed by atoms with E-state index in [1.165, 1.54) is 5.56 Å². The molecule has 0 bridgehead atoms. The van der Waals surface area contributed by atoms with Crippen LogP contribution in [0.3, 0.4) is 0 Å². The molecule has 1 aliphatic rings. The van der Waals surface area contributed by atoms with Crippen molar-refractivity contribution >= 4 is 17.3 Å². The van der Waals surface area contributed by atoms with Crippen LogP contribution < -0.4 is 11.1 Å². The van der Waals surface area contributed by atoms with Crippen LogP contribution in [-0.4, -0.2) is 48.5 Å². The summed E-state index contributed by atoms with van der Waals surface area (Å²) in [6, 6.07) is 27.3. The Labute approximate surface area is 245 Å². The van der Waals surface area contributed by atoms with Crippen molar-refractivity contribution in [2.24, 2.45) is 15.9 Å². The average Bonchev–Trinajstić information content (AvgIpc) is 3.45. The molecule has 0 spiro atoms. The van der Waals surface area contributed by atoms with Crippen LogP contribution >= 0.6 is 0 Å². The van der Waals surface area contributed by atoms with Gasteiger partial charge in [-0.15, -0.1) is 0 Å². The predicted molar refractivity (Wildman–Crippen MR) is 163 cm³/mol. The van der Waals surface area contributed by atoms with Crippen LogP contribution in [0.25, 0.3) is 0 Å². The summed E-state index contributed by atoms with van der Waals surface area (Å²) >= 11 is 0. The number of halogens is 3. The summed E-state index contributed by atoms with van der Waals surface area (Å²) in [6.45, 7) is 5.35. The number of nitrogens with one attached hydrogen (secondary N) is 1. The maximum Gasteiger partial charge on any atom is 0.415 e. The lowest BCUT2D eigenvalue weighted by Crippen LogP contribution is -2.37. The number of carbonyl (C=O) groups excluding carboxylic acids is 1. The van der Waals surface area contributed by atoms with E-state index in [9.17, 15) is 18.0 Å². The number of benzene rings is 3. The molecule has 0 saturated heterocycles. The Kier molecular flexibility index (Phi) is 11.4. The maximum atomic E-state index is 12.9. The van der Waals surface area contributed by atoms with Crippen molar-refractivity contribution < 1.29 is 18.0 Å². The topological polar surface area (TPSA) is 83.1 Å². The molecule has 1 unspecified atom stereocenters. The van der Waals surface area contributed by atoms with E-state index in [0.717, 1.165) is 34.9 Å². The molecule has 3 N–H and O–H groups in total. The van der Waals surface area contributed by atoms with Gasteiger partial charge in [-0.2, -0.15) is 23.4 Å².